The van der Waals surface area contributed by atoms with E-state index in [1.807, 2.05) is 31.2 Å². The Kier molecular flexibility index (Phi) is 9.68. The third-order valence-electron chi connectivity index (χ3n) is 7.30. The van der Waals surface area contributed by atoms with E-state index in [2.05, 4.69) is 0 Å². The van der Waals surface area contributed by atoms with Gasteiger partial charge in [-0.2, -0.15) is 0 Å². The van der Waals surface area contributed by atoms with Crippen molar-refractivity contribution in [3.63, 3.8) is 0 Å². The molecule has 2 aliphatic heterocycles. The van der Waals surface area contributed by atoms with Crippen molar-refractivity contribution in [1.29, 1.82) is 0 Å². The van der Waals surface area contributed by atoms with Gasteiger partial charge in [0.15, 0.2) is 17.8 Å². The van der Waals surface area contributed by atoms with Crippen LogP contribution in [0.2, 0.25) is 5.02 Å². The van der Waals surface area contributed by atoms with Crippen LogP contribution in [0.1, 0.15) is 58.2 Å². The highest BCUT2D eigenvalue weighted by atomic mass is 35.5. The minimum atomic E-state index is -1.87. The molecule has 0 amide bonds. The molecule has 2 fully saturated rings. The molecule has 2 aromatic rings. The van der Waals surface area contributed by atoms with Crippen molar-refractivity contribution in [2.24, 2.45) is 0 Å². The number of carbonyl (C=O) groups excluding carboxylic acids is 4. The van der Waals surface area contributed by atoms with Crippen LogP contribution in [0, 0.1) is 0 Å². The number of carbonyl (C=O) groups is 4. The second-order valence-electron chi connectivity index (χ2n) is 10.5. The van der Waals surface area contributed by atoms with E-state index in [1.165, 1.54) is 27.7 Å². The van der Waals surface area contributed by atoms with Crippen LogP contribution in [-0.4, -0.2) is 67.1 Å². The number of halogens is 1. The van der Waals surface area contributed by atoms with E-state index in [0.29, 0.717) is 29.2 Å². The van der Waals surface area contributed by atoms with Gasteiger partial charge in [-0.1, -0.05) is 29.8 Å². The summed E-state index contributed by atoms with van der Waals surface area (Å²) >= 11 is 6.62. The van der Waals surface area contributed by atoms with E-state index in [4.69, 9.17) is 44.8 Å². The first-order chi connectivity index (χ1) is 20.3. The molecule has 11 nitrogen and oxygen atoms in total. The molecule has 0 spiro atoms. The summed E-state index contributed by atoms with van der Waals surface area (Å²) in [6, 6.07) is 12.6. The Balaban J connectivity index is 1.86. The maximum Gasteiger partial charge on any atom is 0.303 e. The summed E-state index contributed by atoms with van der Waals surface area (Å²) in [6.45, 7) is 8.46. The summed E-state index contributed by atoms with van der Waals surface area (Å²) in [5.74, 6) is -3.95. The monoisotopic (exact) mass is 618 g/mol. The van der Waals surface area contributed by atoms with Gasteiger partial charge >= 0.3 is 23.9 Å². The lowest BCUT2D eigenvalue weighted by Gasteiger charge is -2.50. The van der Waals surface area contributed by atoms with Crippen LogP contribution in [0.15, 0.2) is 42.5 Å². The highest BCUT2D eigenvalue weighted by Crippen LogP contribution is 2.54. The molecular formula is C31H35ClO11. The zero-order chi connectivity index (χ0) is 31.5. The molecule has 43 heavy (non-hydrogen) atoms. The molecule has 4 rings (SSSR count). The normalized spacial score (nSPS) is 26.6. The van der Waals surface area contributed by atoms with Crippen LogP contribution in [-0.2, 0) is 59.8 Å². The lowest BCUT2D eigenvalue weighted by molar-refractivity contribution is -0.340. The van der Waals surface area contributed by atoms with Gasteiger partial charge in [0.05, 0.1) is 13.2 Å². The van der Waals surface area contributed by atoms with E-state index in [1.54, 1.807) is 25.1 Å². The number of fused-ring (bicyclic) bond motifs is 2. The van der Waals surface area contributed by atoms with Gasteiger partial charge in [0.2, 0.25) is 11.9 Å². The lowest BCUT2D eigenvalue weighted by Crippen LogP contribution is -2.70. The Morgan fingerprint density at radius 3 is 2.12 bits per heavy atom. The van der Waals surface area contributed by atoms with Gasteiger partial charge < -0.3 is 33.2 Å². The van der Waals surface area contributed by atoms with Crippen LogP contribution < -0.4 is 4.74 Å². The van der Waals surface area contributed by atoms with Crippen LogP contribution in [0.5, 0.6) is 5.75 Å². The molecule has 2 saturated heterocycles. The van der Waals surface area contributed by atoms with Gasteiger partial charge in [0, 0.05) is 38.3 Å². The maximum absolute atomic E-state index is 12.4. The van der Waals surface area contributed by atoms with E-state index < -0.39 is 59.7 Å². The second-order valence-corrected chi connectivity index (χ2v) is 10.9. The number of esters is 4. The first-order valence-electron chi connectivity index (χ1n) is 13.8. The van der Waals surface area contributed by atoms with Gasteiger partial charge in [-0.05, 0) is 55.7 Å². The van der Waals surface area contributed by atoms with Crippen LogP contribution in [0.3, 0.4) is 0 Å². The zero-order valence-corrected chi connectivity index (χ0v) is 25.6. The molecule has 232 valence electrons. The van der Waals surface area contributed by atoms with Crippen molar-refractivity contribution in [2.45, 2.75) is 83.8 Å². The maximum atomic E-state index is 12.4. The van der Waals surface area contributed by atoms with E-state index >= 15 is 0 Å². The first kappa shape index (κ1) is 32.2. The highest BCUT2D eigenvalue weighted by Gasteiger charge is 2.74. The summed E-state index contributed by atoms with van der Waals surface area (Å²) < 4.78 is 41.1. The molecular weight excluding hydrogens is 584 g/mol. The largest absolute Gasteiger partial charge is 0.494 e. The predicted molar refractivity (Wildman–Crippen MR) is 151 cm³/mol. The fourth-order valence-electron chi connectivity index (χ4n) is 5.58. The van der Waals surface area contributed by atoms with Crippen molar-refractivity contribution >= 4 is 35.5 Å². The molecule has 12 heteroatoms. The quantitative estimate of drug-likeness (QED) is 0.282. The number of hydrogen-bond donors (Lipinski definition) is 0. The molecule has 0 unspecified atom stereocenters. The zero-order valence-electron chi connectivity index (χ0n) is 24.8. The highest BCUT2D eigenvalue weighted by molar-refractivity contribution is 6.31. The van der Waals surface area contributed by atoms with Gasteiger partial charge in [-0.3, -0.25) is 19.2 Å². The van der Waals surface area contributed by atoms with Gasteiger partial charge in [0.1, 0.15) is 11.9 Å². The van der Waals surface area contributed by atoms with Crippen LogP contribution in [0.25, 0.3) is 0 Å². The van der Waals surface area contributed by atoms with Gasteiger partial charge in [-0.25, -0.2) is 0 Å². The minimum Gasteiger partial charge on any atom is -0.494 e. The molecule has 0 N–H and O–H groups in total. The number of ether oxygens (including phenoxy) is 7. The second kappa shape index (κ2) is 12.9. The van der Waals surface area contributed by atoms with E-state index in [0.717, 1.165) is 11.3 Å². The van der Waals surface area contributed by atoms with Crippen molar-refractivity contribution in [2.75, 3.05) is 13.2 Å². The molecule has 0 aliphatic carbocycles. The van der Waals surface area contributed by atoms with Crippen molar-refractivity contribution < 1.29 is 52.3 Å². The first-order valence-corrected chi connectivity index (χ1v) is 14.2. The van der Waals surface area contributed by atoms with Gasteiger partial charge in [-0.15, -0.1) is 0 Å². The van der Waals surface area contributed by atoms with E-state index in [-0.39, 0.29) is 6.61 Å². The molecule has 2 aromatic carbocycles. The molecule has 0 aromatic heterocycles. The summed E-state index contributed by atoms with van der Waals surface area (Å²) in [5, 5.41) is 0.459. The Hall–Kier alpha value is -3.67. The predicted octanol–water partition coefficient (Wildman–Crippen LogP) is 4.03. The average molecular weight is 619 g/mol. The van der Waals surface area contributed by atoms with Gasteiger partial charge in [0.25, 0.3) is 0 Å². The Labute approximate surface area is 254 Å². The van der Waals surface area contributed by atoms with Crippen molar-refractivity contribution in [3.05, 3.63) is 64.2 Å². The molecule has 6 atom stereocenters. The third kappa shape index (κ3) is 6.63. The summed E-state index contributed by atoms with van der Waals surface area (Å²) in [4.78, 5) is 49.1. The summed E-state index contributed by atoms with van der Waals surface area (Å²) in [5.41, 5.74) is 0.379. The molecule has 2 heterocycles. The van der Waals surface area contributed by atoms with Crippen LogP contribution >= 0.6 is 11.6 Å². The smallest absolute Gasteiger partial charge is 0.303 e. The SMILES string of the molecule is CCOc1ccc(Cc2cc([C@]34OC[C@]([C@@H](C)OC(C)=O)(O3)[C@@H](OC(C)=O)[C@H](OC(C)=O)[C@H]4OC(C)=O)ccc2Cl)cc1. The molecule has 2 bridgehead atoms. The number of benzene rings is 2. The molecule has 0 saturated carbocycles. The van der Waals surface area contributed by atoms with Crippen molar-refractivity contribution in [1.82, 2.24) is 0 Å². The molecule has 0 radical (unpaired) electrons. The fourth-order valence-corrected chi connectivity index (χ4v) is 5.77. The topological polar surface area (TPSA) is 133 Å². The van der Waals surface area contributed by atoms with E-state index in [9.17, 15) is 19.2 Å². The number of rotatable bonds is 10. The minimum absolute atomic E-state index is 0.272. The van der Waals surface area contributed by atoms with Crippen LogP contribution in [0.4, 0.5) is 0 Å². The van der Waals surface area contributed by atoms with Crippen molar-refractivity contribution in [3.8, 4) is 5.75 Å². The fraction of sp³-hybridized carbons (Fsp3) is 0.484. The summed E-state index contributed by atoms with van der Waals surface area (Å²) in [7, 11) is 0. The standard InChI is InChI=1S/C31H35ClO11/c1-7-37-25-11-8-22(9-12-25)14-23-15-24(10-13-26(23)32)31-29(42-21(6)36)27(40-19(4)34)28(41-20(5)35)30(43-31,16-38-31)17(2)39-18(3)33/h8-13,15,17,27-29H,7,14,16H2,1-6H3/t17-,27+,28+,29-,30-,31+/m1/s1. The third-order valence-corrected chi connectivity index (χ3v) is 7.67. The Morgan fingerprint density at radius 2 is 1.53 bits per heavy atom. The molecule has 2 aliphatic rings. The Morgan fingerprint density at radius 1 is 0.907 bits per heavy atom. The lowest BCUT2D eigenvalue weighted by atomic mass is 9.80. The number of hydrogen-bond acceptors (Lipinski definition) is 11. The summed E-state index contributed by atoms with van der Waals surface area (Å²) in [6.07, 6.45) is -4.84. The Bertz CT molecular complexity index is 1380. The average Bonchev–Trinajstić information content (AvgIpc) is 3.30.